The number of nitrogen functional groups attached to an aromatic ring is 1. The van der Waals surface area contributed by atoms with Gasteiger partial charge in [0.2, 0.25) is 5.91 Å². The molecule has 1 aromatic rings. The molecule has 0 aromatic carbocycles. The van der Waals surface area contributed by atoms with Crippen LogP contribution >= 0.6 is 0 Å². The van der Waals surface area contributed by atoms with Gasteiger partial charge in [0.1, 0.15) is 0 Å². The number of carbonyl (C=O) groups is 1. The third-order valence-corrected chi connectivity index (χ3v) is 3.48. The zero-order valence-corrected chi connectivity index (χ0v) is 13.5. The molecular formula is C14H27N5O. The highest BCUT2D eigenvalue weighted by molar-refractivity contribution is 5.82. The van der Waals surface area contributed by atoms with Crippen molar-refractivity contribution in [2.24, 2.45) is 7.05 Å². The third-order valence-electron chi connectivity index (χ3n) is 3.48. The fraction of sp³-hybridized carbons (Fsp3) is 0.714. The summed E-state index contributed by atoms with van der Waals surface area (Å²) >= 11 is 0. The number of nitrogens with two attached hydrogens (primary N) is 1. The van der Waals surface area contributed by atoms with Gasteiger partial charge in [0.05, 0.1) is 17.9 Å². The summed E-state index contributed by atoms with van der Waals surface area (Å²) in [6, 6.07) is 0. The summed E-state index contributed by atoms with van der Waals surface area (Å²) in [5, 5.41) is 4.45. The van der Waals surface area contributed by atoms with Crippen LogP contribution in [0.15, 0.2) is 0 Å². The van der Waals surface area contributed by atoms with E-state index in [-0.39, 0.29) is 11.8 Å². The van der Waals surface area contributed by atoms with Crippen molar-refractivity contribution in [3.63, 3.8) is 0 Å². The zero-order valence-electron chi connectivity index (χ0n) is 13.5. The molecule has 0 saturated carbocycles. The molecule has 6 nitrogen and oxygen atoms in total. The molecule has 0 aliphatic rings. The monoisotopic (exact) mass is 281 g/mol. The molecule has 20 heavy (non-hydrogen) atoms. The second-order valence-corrected chi connectivity index (χ2v) is 5.32. The van der Waals surface area contributed by atoms with Gasteiger partial charge in [0, 0.05) is 27.2 Å². The van der Waals surface area contributed by atoms with E-state index >= 15 is 0 Å². The first-order valence-electron chi connectivity index (χ1n) is 7.14. The lowest BCUT2D eigenvalue weighted by molar-refractivity contribution is -0.129. The van der Waals surface area contributed by atoms with Gasteiger partial charge in [-0.1, -0.05) is 13.8 Å². The number of anilines is 2. The van der Waals surface area contributed by atoms with Crippen molar-refractivity contribution in [3.05, 3.63) is 5.69 Å². The average Bonchev–Trinajstić information content (AvgIpc) is 2.66. The van der Waals surface area contributed by atoms with Crippen LogP contribution in [0.5, 0.6) is 0 Å². The molecule has 0 atom stereocenters. The number of aryl methyl sites for hydroxylation is 1. The molecule has 1 amide bonds. The Morgan fingerprint density at radius 1 is 1.35 bits per heavy atom. The molecule has 2 N–H and O–H groups in total. The summed E-state index contributed by atoms with van der Waals surface area (Å²) in [6.07, 6.45) is 0. The van der Waals surface area contributed by atoms with Gasteiger partial charge in [-0.3, -0.25) is 9.48 Å². The van der Waals surface area contributed by atoms with Gasteiger partial charge in [0.25, 0.3) is 0 Å². The number of hydrogen-bond acceptors (Lipinski definition) is 4. The fourth-order valence-corrected chi connectivity index (χ4v) is 2.38. The second kappa shape index (κ2) is 6.63. The number of nitrogens with zero attached hydrogens (tertiary/aromatic N) is 4. The van der Waals surface area contributed by atoms with E-state index < -0.39 is 0 Å². The molecule has 0 spiro atoms. The molecule has 1 aromatic heterocycles. The number of aromatic nitrogens is 2. The smallest absolute Gasteiger partial charge is 0.242 e. The van der Waals surface area contributed by atoms with Crippen molar-refractivity contribution in [2.45, 2.75) is 33.6 Å². The van der Waals surface area contributed by atoms with Gasteiger partial charge in [-0.15, -0.1) is 0 Å². The van der Waals surface area contributed by atoms with Crippen LogP contribution in [-0.2, 0) is 11.8 Å². The Balaban J connectivity index is 2.93. The fourth-order valence-electron chi connectivity index (χ4n) is 2.38. The lowest BCUT2D eigenvalue weighted by Gasteiger charge is -2.24. The van der Waals surface area contributed by atoms with Crippen LogP contribution < -0.4 is 10.6 Å². The van der Waals surface area contributed by atoms with Gasteiger partial charge in [-0.25, -0.2) is 0 Å². The maximum absolute atomic E-state index is 12.2. The maximum Gasteiger partial charge on any atom is 0.242 e. The number of rotatable bonds is 6. The molecule has 0 radical (unpaired) electrons. The number of hydrogen-bond donors (Lipinski definition) is 1. The first-order chi connectivity index (χ1) is 9.33. The standard InChI is InChI=1S/C14H27N5O/c1-7-19(8-2)11(20)9-17(5)14-12(15)13(10(3)4)16-18(14)6/h10H,7-9,15H2,1-6H3. The van der Waals surface area contributed by atoms with Gasteiger partial charge in [0.15, 0.2) is 5.82 Å². The normalized spacial score (nSPS) is 10.9. The van der Waals surface area contributed by atoms with Gasteiger partial charge >= 0.3 is 0 Å². The molecule has 0 saturated heterocycles. The summed E-state index contributed by atoms with van der Waals surface area (Å²) in [7, 11) is 3.73. The molecule has 6 heteroatoms. The Labute approximate surface area is 121 Å². The zero-order chi connectivity index (χ0) is 15.4. The Hall–Kier alpha value is -1.72. The van der Waals surface area contributed by atoms with Crippen LogP contribution in [0, 0.1) is 0 Å². The molecule has 0 fully saturated rings. The van der Waals surface area contributed by atoms with Crippen molar-refractivity contribution < 1.29 is 4.79 Å². The van der Waals surface area contributed by atoms with Crippen LogP contribution in [0.1, 0.15) is 39.3 Å². The quantitative estimate of drug-likeness (QED) is 0.856. The number of amides is 1. The van der Waals surface area contributed by atoms with Crippen LogP contribution in [-0.4, -0.2) is 47.3 Å². The first kappa shape index (κ1) is 16.3. The van der Waals surface area contributed by atoms with Gasteiger partial charge in [-0.05, 0) is 19.8 Å². The molecule has 1 rings (SSSR count). The largest absolute Gasteiger partial charge is 0.394 e. The van der Waals surface area contributed by atoms with Crippen LogP contribution in [0.2, 0.25) is 0 Å². The third kappa shape index (κ3) is 3.23. The lowest BCUT2D eigenvalue weighted by Crippen LogP contribution is -2.39. The summed E-state index contributed by atoms with van der Waals surface area (Å²) in [5.74, 6) is 1.17. The van der Waals surface area contributed by atoms with E-state index in [2.05, 4.69) is 18.9 Å². The van der Waals surface area contributed by atoms with Crippen LogP contribution in [0.3, 0.4) is 0 Å². The Morgan fingerprint density at radius 3 is 2.30 bits per heavy atom. The van der Waals surface area contributed by atoms with E-state index in [1.807, 2.05) is 37.7 Å². The van der Waals surface area contributed by atoms with Crippen molar-refractivity contribution in [1.29, 1.82) is 0 Å². The summed E-state index contributed by atoms with van der Waals surface area (Å²) in [5.41, 5.74) is 7.72. The topological polar surface area (TPSA) is 67.4 Å². The highest BCUT2D eigenvalue weighted by Gasteiger charge is 2.21. The minimum Gasteiger partial charge on any atom is -0.394 e. The van der Waals surface area contributed by atoms with Gasteiger partial charge < -0.3 is 15.5 Å². The van der Waals surface area contributed by atoms with Gasteiger partial charge in [-0.2, -0.15) is 5.10 Å². The predicted octanol–water partition coefficient (Wildman–Crippen LogP) is 1.43. The minimum absolute atomic E-state index is 0.101. The van der Waals surface area contributed by atoms with Crippen molar-refractivity contribution >= 4 is 17.4 Å². The van der Waals surface area contributed by atoms with Crippen LogP contribution in [0.4, 0.5) is 11.5 Å². The summed E-state index contributed by atoms with van der Waals surface area (Å²) in [6.45, 7) is 9.84. The maximum atomic E-state index is 12.2. The predicted molar refractivity (Wildman–Crippen MR) is 82.9 cm³/mol. The molecule has 0 aliphatic heterocycles. The van der Waals surface area contributed by atoms with E-state index in [1.54, 1.807) is 4.68 Å². The van der Waals surface area contributed by atoms with Crippen molar-refractivity contribution in [1.82, 2.24) is 14.7 Å². The molecule has 0 bridgehead atoms. The summed E-state index contributed by atoms with van der Waals surface area (Å²) < 4.78 is 1.75. The molecule has 114 valence electrons. The molecule has 0 aliphatic carbocycles. The van der Waals surface area contributed by atoms with E-state index in [0.717, 1.165) is 24.6 Å². The van der Waals surface area contributed by atoms with E-state index in [4.69, 9.17) is 5.73 Å². The SMILES string of the molecule is CCN(CC)C(=O)CN(C)c1c(N)c(C(C)C)nn1C. The minimum atomic E-state index is 0.101. The van der Waals surface area contributed by atoms with E-state index in [1.165, 1.54) is 0 Å². The highest BCUT2D eigenvalue weighted by Crippen LogP contribution is 2.29. The summed E-state index contributed by atoms with van der Waals surface area (Å²) in [4.78, 5) is 15.8. The Kier molecular flexibility index (Phi) is 5.42. The van der Waals surface area contributed by atoms with E-state index in [9.17, 15) is 4.79 Å². The molecule has 0 unspecified atom stereocenters. The second-order valence-electron chi connectivity index (χ2n) is 5.32. The van der Waals surface area contributed by atoms with E-state index in [0.29, 0.717) is 12.2 Å². The molecular weight excluding hydrogens is 254 g/mol. The Bertz CT molecular complexity index is 462. The van der Waals surface area contributed by atoms with Crippen molar-refractivity contribution in [3.8, 4) is 0 Å². The molecule has 1 heterocycles. The highest BCUT2D eigenvalue weighted by atomic mass is 16.2. The first-order valence-corrected chi connectivity index (χ1v) is 7.14. The number of likely N-dealkylation sites (N-methyl/N-ethyl adjacent to an activating group) is 2. The van der Waals surface area contributed by atoms with Crippen molar-refractivity contribution in [2.75, 3.05) is 37.3 Å². The average molecular weight is 281 g/mol. The number of carbonyl (C=O) groups excluding carboxylic acids is 1. The Morgan fingerprint density at radius 2 is 1.90 bits per heavy atom. The lowest BCUT2D eigenvalue weighted by atomic mass is 10.1. The van der Waals surface area contributed by atoms with Crippen LogP contribution in [0.25, 0.3) is 0 Å².